The molecule has 0 atom stereocenters. The van der Waals surface area contributed by atoms with E-state index in [9.17, 15) is 4.79 Å². The summed E-state index contributed by atoms with van der Waals surface area (Å²) in [4.78, 5) is 12.5. The maximum absolute atomic E-state index is 12.5. The number of para-hydroxylation sites is 1. The highest BCUT2D eigenvalue weighted by molar-refractivity contribution is 5.95. The van der Waals surface area contributed by atoms with Gasteiger partial charge in [-0.2, -0.15) is 0 Å². The molecule has 0 unspecified atom stereocenters. The van der Waals surface area contributed by atoms with Crippen molar-refractivity contribution >= 4 is 17.3 Å². The molecular weight excluding hydrogens is 284 g/mol. The van der Waals surface area contributed by atoms with Crippen molar-refractivity contribution in [2.75, 3.05) is 5.32 Å². The number of amides is 1. The van der Waals surface area contributed by atoms with Gasteiger partial charge < -0.3 is 10.6 Å². The van der Waals surface area contributed by atoms with Gasteiger partial charge in [-0.3, -0.25) is 4.79 Å². The van der Waals surface area contributed by atoms with Crippen LogP contribution in [0.15, 0.2) is 54.6 Å². The molecule has 2 aromatic carbocycles. The van der Waals surface area contributed by atoms with Gasteiger partial charge in [0, 0.05) is 23.0 Å². The monoisotopic (exact) mass is 308 g/mol. The van der Waals surface area contributed by atoms with Crippen LogP contribution < -0.4 is 10.6 Å². The van der Waals surface area contributed by atoms with Crippen LogP contribution in [-0.4, -0.2) is 11.9 Å². The van der Waals surface area contributed by atoms with Gasteiger partial charge in [0.05, 0.1) is 0 Å². The van der Waals surface area contributed by atoms with E-state index in [2.05, 4.69) is 10.6 Å². The Morgan fingerprint density at radius 1 is 0.826 bits per heavy atom. The van der Waals surface area contributed by atoms with E-state index >= 15 is 0 Å². The predicted molar refractivity (Wildman–Crippen MR) is 95.1 cm³/mol. The van der Waals surface area contributed by atoms with Crippen molar-refractivity contribution in [3.8, 4) is 0 Å². The molecule has 120 valence electrons. The van der Waals surface area contributed by atoms with Gasteiger partial charge in [0.25, 0.3) is 5.91 Å². The number of rotatable bonds is 4. The van der Waals surface area contributed by atoms with E-state index in [1.54, 1.807) is 0 Å². The third-order valence-electron chi connectivity index (χ3n) is 4.38. The van der Waals surface area contributed by atoms with Crippen LogP contribution in [0.25, 0.3) is 0 Å². The zero-order valence-electron chi connectivity index (χ0n) is 13.4. The Bertz CT molecular complexity index is 631. The largest absolute Gasteiger partial charge is 0.356 e. The van der Waals surface area contributed by atoms with E-state index in [0.717, 1.165) is 29.8 Å². The first-order valence-electron chi connectivity index (χ1n) is 8.54. The summed E-state index contributed by atoms with van der Waals surface area (Å²) in [5.41, 5.74) is 2.67. The van der Waals surface area contributed by atoms with Crippen molar-refractivity contribution in [3.63, 3.8) is 0 Å². The smallest absolute Gasteiger partial charge is 0.251 e. The average molecular weight is 308 g/mol. The molecule has 1 fully saturated rings. The van der Waals surface area contributed by atoms with Crippen LogP contribution in [0.1, 0.15) is 48.9 Å². The Labute approximate surface area is 138 Å². The van der Waals surface area contributed by atoms with Crippen LogP contribution in [-0.2, 0) is 0 Å². The van der Waals surface area contributed by atoms with E-state index in [1.807, 2.05) is 54.6 Å². The maximum atomic E-state index is 12.5. The molecule has 0 bridgehead atoms. The summed E-state index contributed by atoms with van der Waals surface area (Å²) in [6, 6.07) is 18.0. The van der Waals surface area contributed by atoms with Crippen molar-refractivity contribution in [3.05, 3.63) is 60.2 Å². The van der Waals surface area contributed by atoms with Crippen molar-refractivity contribution in [1.29, 1.82) is 0 Å². The van der Waals surface area contributed by atoms with E-state index in [-0.39, 0.29) is 5.91 Å². The Kier molecular flexibility index (Phi) is 5.30. The summed E-state index contributed by atoms with van der Waals surface area (Å²) >= 11 is 0. The number of nitrogens with one attached hydrogen (secondary N) is 2. The summed E-state index contributed by atoms with van der Waals surface area (Å²) in [5, 5.41) is 6.53. The molecule has 3 rings (SSSR count). The van der Waals surface area contributed by atoms with Gasteiger partial charge in [0.1, 0.15) is 0 Å². The average Bonchev–Trinajstić information content (AvgIpc) is 2.85. The molecule has 0 aromatic heterocycles. The minimum Gasteiger partial charge on any atom is -0.356 e. The standard InChI is InChI=1S/C20H24N2O/c23-20(22-18-12-4-1-2-5-13-18)16-9-8-14-19(15-16)21-17-10-6-3-7-11-17/h3,6-11,14-15,18,21H,1-2,4-5,12-13H2,(H,22,23). The van der Waals surface area contributed by atoms with E-state index in [4.69, 9.17) is 0 Å². The van der Waals surface area contributed by atoms with Gasteiger partial charge in [-0.15, -0.1) is 0 Å². The molecule has 1 amide bonds. The normalized spacial score (nSPS) is 15.7. The maximum Gasteiger partial charge on any atom is 0.251 e. The van der Waals surface area contributed by atoms with Crippen LogP contribution in [0, 0.1) is 0 Å². The van der Waals surface area contributed by atoms with Crippen LogP contribution in [0.5, 0.6) is 0 Å². The van der Waals surface area contributed by atoms with Gasteiger partial charge >= 0.3 is 0 Å². The Hall–Kier alpha value is -2.29. The number of carbonyl (C=O) groups excluding carboxylic acids is 1. The molecule has 0 heterocycles. The second-order valence-corrected chi connectivity index (χ2v) is 6.23. The van der Waals surface area contributed by atoms with Gasteiger partial charge in [-0.05, 0) is 43.2 Å². The predicted octanol–water partition coefficient (Wildman–Crippen LogP) is 4.88. The summed E-state index contributed by atoms with van der Waals surface area (Å²) in [6.45, 7) is 0. The Morgan fingerprint density at radius 3 is 2.26 bits per heavy atom. The molecule has 23 heavy (non-hydrogen) atoms. The fourth-order valence-corrected chi connectivity index (χ4v) is 3.12. The molecule has 3 heteroatoms. The van der Waals surface area contributed by atoms with Crippen molar-refractivity contribution in [2.24, 2.45) is 0 Å². The lowest BCUT2D eigenvalue weighted by Crippen LogP contribution is -2.34. The lowest BCUT2D eigenvalue weighted by molar-refractivity contribution is 0.0933. The molecule has 1 aliphatic rings. The number of benzene rings is 2. The first-order chi connectivity index (χ1) is 11.3. The first-order valence-corrected chi connectivity index (χ1v) is 8.54. The van der Waals surface area contributed by atoms with Gasteiger partial charge in [0.15, 0.2) is 0 Å². The highest BCUT2D eigenvalue weighted by Gasteiger charge is 2.15. The SMILES string of the molecule is O=C(NC1CCCCCC1)c1cccc(Nc2ccccc2)c1. The zero-order chi connectivity index (χ0) is 15.9. The highest BCUT2D eigenvalue weighted by Crippen LogP contribution is 2.19. The minimum atomic E-state index is 0.0358. The van der Waals surface area contributed by atoms with Crippen LogP contribution in [0.2, 0.25) is 0 Å². The lowest BCUT2D eigenvalue weighted by Gasteiger charge is -2.16. The summed E-state index contributed by atoms with van der Waals surface area (Å²) in [5.74, 6) is 0.0358. The molecular formula is C20H24N2O. The molecule has 1 saturated carbocycles. The molecule has 2 aromatic rings. The second-order valence-electron chi connectivity index (χ2n) is 6.23. The molecule has 3 nitrogen and oxygen atoms in total. The van der Waals surface area contributed by atoms with Crippen molar-refractivity contribution < 1.29 is 4.79 Å². The summed E-state index contributed by atoms with van der Waals surface area (Å²) in [6.07, 6.45) is 7.24. The van der Waals surface area contributed by atoms with Crippen LogP contribution >= 0.6 is 0 Å². The third kappa shape index (κ3) is 4.59. The molecule has 0 spiro atoms. The van der Waals surface area contributed by atoms with Crippen LogP contribution in [0.3, 0.4) is 0 Å². The number of hydrogen-bond acceptors (Lipinski definition) is 2. The summed E-state index contributed by atoms with van der Waals surface area (Å²) in [7, 11) is 0. The van der Waals surface area contributed by atoms with Crippen molar-refractivity contribution in [1.82, 2.24) is 5.32 Å². The fraction of sp³-hybridized carbons (Fsp3) is 0.350. The van der Waals surface area contributed by atoms with Gasteiger partial charge in [-0.1, -0.05) is 49.9 Å². The molecule has 0 saturated heterocycles. The molecule has 1 aliphatic carbocycles. The number of carbonyl (C=O) groups is 1. The van der Waals surface area contributed by atoms with E-state index in [0.29, 0.717) is 6.04 Å². The minimum absolute atomic E-state index is 0.0358. The van der Waals surface area contributed by atoms with Gasteiger partial charge in [-0.25, -0.2) is 0 Å². The van der Waals surface area contributed by atoms with E-state index in [1.165, 1.54) is 25.7 Å². The summed E-state index contributed by atoms with van der Waals surface area (Å²) < 4.78 is 0. The topological polar surface area (TPSA) is 41.1 Å². The Morgan fingerprint density at radius 2 is 1.52 bits per heavy atom. The first kappa shape index (κ1) is 15.6. The second kappa shape index (κ2) is 7.82. The van der Waals surface area contributed by atoms with Crippen molar-refractivity contribution in [2.45, 2.75) is 44.6 Å². The molecule has 2 N–H and O–H groups in total. The number of hydrogen-bond donors (Lipinski definition) is 2. The highest BCUT2D eigenvalue weighted by atomic mass is 16.1. The van der Waals surface area contributed by atoms with Gasteiger partial charge in [0.2, 0.25) is 0 Å². The third-order valence-corrected chi connectivity index (χ3v) is 4.38. The lowest BCUT2D eigenvalue weighted by atomic mass is 10.1. The quantitative estimate of drug-likeness (QED) is 0.790. The van der Waals surface area contributed by atoms with Crippen LogP contribution in [0.4, 0.5) is 11.4 Å². The molecule has 0 radical (unpaired) electrons. The number of anilines is 2. The zero-order valence-corrected chi connectivity index (χ0v) is 13.4. The Balaban J connectivity index is 1.65. The molecule has 0 aliphatic heterocycles. The van der Waals surface area contributed by atoms with E-state index < -0.39 is 0 Å². The fourth-order valence-electron chi connectivity index (χ4n) is 3.12.